The fourth-order valence-corrected chi connectivity index (χ4v) is 9.00. The number of rotatable bonds is 11. The Kier molecular flexibility index (Phi) is 17.4. The van der Waals surface area contributed by atoms with Crippen molar-refractivity contribution >= 4 is 17.9 Å². The molecule has 1 aromatic rings. The highest BCUT2D eigenvalue weighted by atomic mass is 16.7. The minimum atomic E-state index is -2.25. The highest BCUT2D eigenvalue weighted by Gasteiger charge is 2.57. The fraction of sp³-hybridized carbons (Fsp3) is 0.717. The highest BCUT2D eigenvalue weighted by Crippen LogP contribution is 2.47. The molecule has 1 aromatic carbocycles. The number of hydrogen-bond acceptors (Lipinski definition) is 13. The minimum Gasteiger partial charge on any atom is -0.497 e. The first kappa shape index (κ1) is 46.7. The first-order valence-corrected chi connectivity index (χ1v) is 21.8. The fourth-order valence-electron chi connectivity index (χ4n) is 9.00. The van der Waals surface area contributed by atoms with Gasteiger partial charge in [-0.1, -0.05) is 70.7 Å². The van der Waals surface area contributed by atoms with Crippen molar-refractivity contribution in [2.45, 2.75) is 184 Å². The van der Waals surface area contributed by atoms with E-state index in [0.717, 1.165) is 62.7 Å². The summed E-state index contributed by atoms with van der Waals surface area (Å²) in [5.74, 6) is -3.30. The van der Waals surface area contributed by atoms with Gasteiger partial charge in [-0.3, -0.25) is 9.59 Å². The zero-order valence-electron chi connectivity index (χ0n) is 35.7. The van der Waals surface area contributed by atoms with Gasteiger partial charge in [0.1, 0.15) is 11.9 Å². The van der Waals surface area contributed by atoms with Crippen molar-refractivity contribution in [1.82, 2.24) is 0 Å². The molecule has 5 rings (SSSR count). The number of methoxy groups -OCH3 is 2. The van der Waals surface area contributed by atoms with Crippen LogP contribution in [-0.2, 0) is 42.8 Å². The molecule has 0 aromatic heterocycles. The largest absolute Gasteiger partial charge is 0.497 e. The van der Waals surface area contributed by atoms with Gasteiger partial charge in [-0.2, -0.15) is 0 Å². The molecule has 0 spiro atoms. The quantitative estimate of drug-likeness (QED) is 0.0722. The third-order valence-corrected chi connectivity index (χ3v) is 12.3. The zero-order valence-corrected chi connectivity index (χ0v) is 35.7. The van der Waals surface area contributed by atoms with Crippen LogP contribution in [0.5, 0.6) is 5.75 Å². The minimum absolute atomic E-state index is 0.000527. The Morgan fingerprint density at radius 2 is 1.63 bits per heavy atom. The van der Waals surface area contributed by atoms with Gasteiger partial charge < -0.3 is 48.5 Å². The van der Waals surface area contributed by atoms with E-state index in [9.17, 15) is 29.7 Å². The maximum Gasteiger partial charge on any atom is 0.330 e. The monoisotopic (exact) mass is 828 g/mol. The van der Waals surface area contributed by atoms with Crippen molar-refractivity contribution < 1.29 is 62.9 Å². The molecular formula is C46H68O13. The number of unbranched alkanes of at least 4 members (excludes halogenated alkanes) is 4. The van der Waals surface area contributed by atoms with E-state index in [-0.39, 0.29) is 68.0 Å². The SMILES string of the molecule is CCCCCCCC(=O)O[C@H]1/C(=C/C(=O)OC)C[C@H]2C[C@H](CO)OC(=O)C[C@H](O)C[C@@H]3CCC[C@H](C[C@@H]4C[C@H](c5ccc(OC)cc5)C[C@H](/C=C/C(C)(C)[C@]1(O)O2)O4)O3. The van der Waals surface area contributed by atoms with E-state index in [4.69, 9.17) is 33.2 Å². The molecule has 0 amide bonds. The predicted octanol–water partition coefficient (Wildman–Crippen LogP) is 6.53. The van der Waals surface area contributed by atoms with Crippen molar-refractivity contribution in [3.63, 3.8) is 0 Å². The Labute approximate surface area is 349 Å². The van der Waals surface area contributed by atoms with Gasteiger partial charge in [0.05, 0.1) is 63.9 Å². The van der Waals surface area contributed by atoms with E-state index >= 15 is 0 Å². The van der Waals surface area contributed by atoms with E-state index in [1.807, 2.05) is 24.3 Å². The van der Waals surface area contributed by atoms with Gasteiger partial charge in [0.2, 0.25) is 5.79 Å². The number of aliphatic hydroxyl groups is 3. The molecule has 4 heterocycles. The molecule has 6 bridgehead atoms. The van der Waals surface area contributed by atoms with E-state index in [0.29, 0.717) is 19.3 Å². The van der Waals surface area contributed by atoms with Crippen molar-refractivity contribution in [2.24, 2.45) is 5.41 Å². The molecule has 4 aliphatic rings. The summed E-state index contributed by atoms with van der Waals surface area (Å²) in [6.45, 7) is 5.09. The van der Waals surface area contributed by atoms with Gasteiger partial charge in [0.25, 0.3) is 0 Å². The third-order valence-electron chi connectivity index (χ3n) is 12.3. The summed E-state index contributed by atoms with van der Waals surface area (Å²) in [6, 6.07) is 8.07. The summed E-state index contributed by atoms with van der Waals surface area (Å²) in [6.07, 6.45) is 8.85. The Balaban J connectivity index is 1.53. The maximum atomic E-state index is 13.5. The summed E-state index contributed by atoms with van der Waals surface area (Å²) in [5, 5.41) is 34.3. The van der Waals surface area contributed by atoms with Gasteiger partial charge in [-0.05, 0) is 80.6 Å². The van der Waals surface area contributed by atoms with Gasteiger partial charge >= 0.3 is 17.9 Å². The standard InChI is InChI=1S/C46H68O13/c1-6-7-8-9-10-14-41(49)58-44-32(24-42(50)54-5)23-39-28-40(29-47)57-43(51)26-33(48)25-35-12-11-13-36(55-35)27-38-22-31(30-15-17-34(53-4)18-16-30)21-37(56-38)19-20-45(2,3)46(44,52)59-39/h15-20,24,31,33,35-40,44,47-48,52H,6-14,21-23,25-29H2,1-5H3/b20-19+,32-24+/t31-,33-,35+,36-,37+,38+,39+,40-,44+,46-/m1/s1. The first-order chi connectivity index (χ1) is 28.2. The smallest absolute Gasteiger partial charge is 0.330 e. The van der Waals surface area contributed by atoms with Crippen LogP contribution in [0.15, 0.2) is 48.1 Å². The highest BCUT2D eigenvalue weighted by molar-refractivity contribution is 5.83. The molecule has 0 saturated carbocycles. The second kappa shape index (κ2) is 22.0. The van der Waals surface area contributed by atoms with Crippen molar-refractivity contribution in [3.8, 4) is 5.75 Å². The average Bonchev–Trinajstić information content (AvgIpc) is 3.20. The topological polar surface area (TPSA) is 177 Å². The van der Waals surface area contributed by atoms with E-state index in [2.05, 4.69) is 19.1 Å². The number of benzene rings is 1. The van der Waals surface area contributed by atoms with Crippen LogP contribution >= 0.6 is 0 Å². The molecule has 59 heavy (non-hydrogen) atoms. The van der Waals surface area contributed by atoms with Crippen molar-refractivity contribution in [1.29, 1.82) is 0 Å². The third kappa shape index (κ3) is 13.1. The lowest BCUT2D eigenvalue weighted by Gasteiger charge is -2.51. The second-order valence-electron chi connectivity index (χ2n) is 17.4. The molecule has 13 nitrogen and oxygen atoms in total. The van der Waals surface area contributed by atoms with Crippen LogP contribution in [0, 0.1) is 5.41 Å². The molecule has 10 atom stereocenters. The second-order valence-corrected chi connectivity index (χ2v) is 17.4. The molecule has 0 unspecified atom stereocenters. The van der Waals surface area contributed by atoms with Crippen LogP contribution in [-0.4, -0.2) is 109 Å². The molecule has 330 valence electrons. The lowest BCUT2D eigenvalue weighted by molar-refractivity contribution is -0.327. The molecular weight excluding hydrogens is 760 g/mol. The molecule has 13 heteroatoms. The normalized spacial score (nSPS) is 34.2. The van der Waals surface area contributed by atoms with Gasteiger partial charge in [-0.25, -0.2) is 4.79 Å². The number of carbonyl (C=O) groups is 3. The number of cyclic esters (lactones) is 1. The Morgan fingerprint density at radius 1 is 0.898 bits per heavy atom. The van der Waals surface area contributed by atoms with Crippen LogP contribution < -0.4 is 4.74 Å². The molecule has 4 aliphatic heterocycles. The van der Waals surface area contributed by atoms with Crippen molar-refractivity contribution in [3.05, 3.63) is 53.6 Å². The molecule has 0 aliphatic carbocycles. The van der Waals surface area contributed by atoms with Gasteiger partial charge in [0.15, 0.2) is 6.10 Å². The lowest BCUT2D eigenvalue weighted by atomic mass is 9.74. The summed E-state index contributed by atoms with van der Waals surface area (Å²) < 4.78 is 42.0. The number of carbonyl (C=O) groups excluding carboxylic acids is 3. The Hall–Kier alpha value is -3.33. The Bertz CT molecular complexity index is 1570. The van der Waals surface area contributed by atoms with E-state index < -0.39 is 60.1 Å². The Morgan fingerprint density at radius 3 is 2.32 bits per heavy atom. The number of ether oxygens (including phenoxy) is 7. The zero-order chi connectivity index (χ0) is 42.6. The summed E-state index contributed by atoms with van der Waals surface area (Å²) in [5.41, 5.74) is 0.130. The molecule has 3 fully saturated rings. The van der Waals surface area contributed by atoms with Gasteiger partial charge in [0, 0.05) is 30.8 Å². The van der Waals surface area contributed by atoms with Crippen LogP contribution in [0.25, 0.3) is 0 Å². The van der Waals surface area contributed by atoms with Gasteiger partial charge in [-0.15, -0.1) is 0 Å². The lowest BCUT2D eigenvalue weighted by Crippen LogP contribution is -2.62. The van der Waals surface area contributed by atoms with Crippen LogP contribution in [0.1, 0.15) is 135 Å². The maximum absolute atomic E-state index is 13.5. The first-order valence-electron chi connectivity index (χ1n) is 21.8. The van der Waals surface area contributed by atoms with Crippen LogP contribution in [0.2, 0.25) is 0 Å². The molecule has 3 saturated heterocycles. The number of aliphatic hydroxyl groups excluding tert-OH is 2. The van der Waals surface area contributed by atoms with Crippen LogP contribution in [0.3, 0.4) is 0 Å². The summed E-state index contributed by atoms with van der Waals surface area (Å²) >= 11 is 0. The summed E-state index contributed by atoms with van der Waals surface area (Å²) in [4.78, 5) is 39.5. The molecule has 3 N–H and O–H groups in total. The number of hydrogen-bond donors (Lipinski definition) is 3. The average molecular weight is 829 g/mol. The number of esters is 3. The van der Waals surface area contributed by atoms with Crippen LogP contribution in [0.4, 0.5) is 0 Å². The van der Waals surface area contributed by atoms with E-state index in [1.165, 1.54) is 13.2 Å². The van der Waals surface area contributed by atoms with E-state index in [1.54, 1.807) is 21.0 Å². The summed E-state index contributed by atoms with van der Waals surface area (Å²) in [7, 11) is 2.87. The predicted molar refractivity (Wildman–Crippen MR) is 218 cm³/mol. The number of fused-ring (bicyclic) bond motifs is 6. The molecule has 0 radical (unpaired) electrons. The van der Waals surface area contributed by atoms with Crippen molar-refractivity contribution in [2.75, 3.05) is 20.8 Å².